The van der Waals surface area contributed by atoms with Crippen molar-refractivity contribution in [2.24, 2.45) is 0 Å². The third-order valence-electron chi connectivity index (χ3n) is 4.52. The SMILES string of the molecule is N#Cc1cccc(-c2nc3[nH]c(=O)ccc3nc2-c2ccc3nc[nH]c3c2)c1. The van der Waals surface area contributed by atoms with E-state index in [2.05, 4.69) is 26.0 Å². The first kappa shape index (κ1) is 15.9. The van der Waals surface area contributed by atoms with Crippen molar-refractivity contribution < 1.29 is 0 Å². The summed E-state index contributed by atoms with van der Waals surface area (Å²) in [4.78, 5) is 31.2. The van der Waals surface area contributed by atoms with Gasteiger partial charge in [-0.2, -0.15) is 5.26 Å². The van der Waals surface area contributed by atoms with Crippen LogP contribution in [0.4, 0.5) is 0 Å². The van der Waals surface area contributed by atoms with Crippen LogP contribution >= 0.6 is 0 Å². The van der Waals surface area contributed by atoms with Crippen LogP contribution in [0.3, 0.4) is 0 Å². The van der Waals surface area contributed by atoms with Crippen LogP contribution < -0.4 is 5.56 Å². The highest BCUT2D eigenvalue weighted by molar-refractivity contribution is 5.88. The van der Waals surface area contributed by atoms with Crippen LogP contribution in [0.15, 0.2) is 65.7 Å². The van der Waals surface area contributed by atoms with E-state index in [9.17, 15) is 10.1 Å². The third kappa shape index (κ3) is 2.61. The zero-order chi connectivity index (χ0) is 19.1. The predicted molar refractivity (Wildman–Crippen MR) is 105 cm³/mol. The molecule has 132 valence electrons. The van der Waals surface area contributed by atoms with Crippen molar-refractivity contribution >= 4 is 22.2 Å². The van der Waals surface area contributed by atoms with Gasteiger partial charge in [0.15, 0.2) is 5.65 Å². The molecule has 28 heavy (non-hydrogen) atoms. The smallest absolute Gasteiger partial charge is 0.249 e. The summed E-state index contributed by atoms with van der Waals surface area (Å²) in [5, 5.41) is 9.25. The fourth-order valence-corrected chi connectivity index (χ4v) is 3.19. The Morgan fingerprint density at radius 3 is 2.61 bits per heavy atom. The van der Waals surface area contributed by atoms with E-state index in [-0.39, 0.29) is 5.56 Å². The van der Waals surface area contributed by atoms with Crippen molar-refractivity contribution in [3.63, 3.8) is 0 Å². The zero-order valence-electron chi connectivity index (χ0n) is 14.5. The van der Waals surface area contributed by atoms with Crippen LogP contribution in [0.2, 0.25) is 0 Å². The Morgan fingerprint density at radius 1 is 0.893 bits per heavy atom. The summed E-state index contributed by atoms with van der Waals surface area (Å²) in [5.74, 6) is 0. The molecule has 0 atom stereocenters. The van der Waals surface area contributed by atoms with Gasteiger partial charge in [0.2, 0.25) is 5.56 Å². The zero-order valence-corrected chi connectivity index (χ0v) is 14.5. The molecule has 2 N–H and O–H groups in total. The van der Waals surface area contributed by atoms with Crippen LogP contribution in [0.1, 0.15) is 5.56 Å². The molecule has 0 aliphatic rings. The fourth-order valence-electron chi connectivity index (χ4n) is 3.19. The minimum atomic E-state index is -0.245. The lowest BCUT2D eigenvalue weighted by atomic mass is 10.0. The summed E-state index contributed by atoms with van der Waals surface area (Å²) in [6.45, 7) is 0. The molecule has 0 amide bonds. The van der Waals surface area contributed by atoms with Crippen molar-refractivity contribution in [3.8, 4) is 28.6 Å². The number of hydrogen-bond donors (Lipinski definition) is 2. The highest BCUT2D eigenvalue weighted by Gasteiger charge is 2.15. The van der Waals surface area contributed by atoms with Crippen molar-refractivity contribution in [1.82, 2.24) is 24.9 Å². The molecule has 0 aliphatic carbocycles. The normalized spacial score (nSPS) is 11.0. The van der Waals surface area contributed by atoms with E-state index in [1.54, 1.807) is 30.6 Å². The van der Waals surface area contributed by atoms with Crippen LogP contribution in [-0.4, -0.2) is 24.9 Å². The number of imidazole rings is 1. The molecule has 0 radical (unpaired) electrons. The lowest BCUT2D eigenvalue weighted by molar-refractivity contribution is 1.19. The van der Waals surface area contributed by atoms with Gasteiger partial charge in [0.05, 0.1) is 40.4 Å². The first-order valence-electron chi connectivity index (χ1n) is 8.56. The maximum atomic E-state index is 11.7. The van der Waals surface area contributed by atoms with E-state index in [1.807, 2.05) is 24.3 Å². The van der Waals surface area contributed by atoms with Crippen molar-refractivity contribution in [2.75, 3.05) is 0 Å². The molecule has 3 aromatic heterocycles. The molecule has 7 nitrogen and oxygen atoms in total. The molecular weight excluding hydrogens is 352 g/mol. The number of benzene rings is 2. The molecule has 5 rings (SSSR count). The molecule has 3 heterocycles. The fraction of sp³-hybridized carbons (Fsp3) is 0. The molecule has 0 saturated heterocycles. The number of aromatic nitrogens is 5. The summed E-state index contributed by atoms with van der Waals surface area (Å²) in [7, 11) is 0. The molecule has 0 fully saturated rings. The number of rotatable bonds is 2. The second-order valence-electron chi connectivity index (χ2n) is 6.30. The number of pyridine rings is 1. The molecule has 0 saturated carbocycles. The van der Waals surface area contributed by atoms with Gasteiger partial charge in [-0.1, -0.05) is 18.2 Å². The monoisotopic (exact) mass is 364 g/mol. The van der Waals surface area contributed by atoms with E-state index < -0.39 is 0 Å². The highest BCUT2D eigenvalue weighted by atomic mass is 16.1. The van der Waals surface area contributed by atoms with Gasteiger partial charge >= 0.3 is 0 Å². The van der Waals surface area contributed by atoms with Crippen molar-refractivity contribution in [3.05, 3.63) is 76.8 Å². The van der Waals surface area contributed by atoms with Gasteiger partial charge in [-0.25, -0.2) is 15.0 Å². The minimum Gasteiger partial charge on any atom is -0.345 e. The lowest BCUT2D eigenvalue weighted by Crippen LogP contribution is -2.06. The molecule has 0 unspecified atom stereocenters. The van der Waals surface area contributed by atoms with E-state index in [1.165, 1.54) is 6.07 Å². The third-order valence-corrected chi connectivity index (χ3v) is 4.52. The predicted octanol–water partition coefficient (Wildman–Crippen LogP) is 3.40. The Balaban J connectivity index is 1.83. The van der Waals surface area contributed by atoms with Gasteiger partial charge in [-0.05, 0) is 30.3 Å². The summed E-state index contributed by atoms with van der Waals surface area (Å²) in [5.41, 5.74) is 5.85. The van der Waals surface area contributed by atoms with Gasteiger partial charge in [-0.3, -0.25) is 4.79 Å². The summed E-state index contributed by atoms with van der Waals surface area (Å²) < 4.78 is 0. The molecule has 7 heteroatoms. The molecule has 0 aliphatic heterocycles. The Hall–Kier alpha value is -4.31. The number of nitrogens with zero attached hydrogens (tertiary/aromatic N) is 4. The van der Waals surface area contributed by atoms with Gasteiger partial charge in [-0.15, -0.1) is 0 Å². The maximum Gasteiger partial charge on any atom is 0.249 e. The number of nitriles is 1. The summed E-state index contributed by atoms with van der Waals surface area (Å²) in [6, 6.07) is 18.2. The molecule has 0 bridgehead atoms. The Labute approximate surface area is 158 Å². The van der Waals surface area contributed by atoms with Crippen LogP contribution in [0.5, 0.6) is 0 Å². The van der Waals surface area contributed by atoms with Crippen molar-refractivity contribution in [2.45, 2.75) is 0 Å². The maximum absolute atomic E-state index is 11.7. The quantitative estimate of drug-likeness (QED) is 0.499. The van der Waals surface area contributed by atoms with Crippen LogP contribution in [-0.2, 0) is 0 Å². The second-order valence-corrected chi connectivity index (χ2v) is 6.30. The van der Waals surface area contributed by atoms with E-state index >= 15 is 0 Å². The average Bonchev–Trinajstić information content (AvgIpc) is 3.20. The molecule has 0 spiro atoms. The van der Waals surface area contributed by atoms with Crippen LogP contribution in [0, 0.1) is 11.3 Å². The number of H-pyrrole nitrogens is 2. The Bertz CT molecular complexity index is 1460. The summed E-state index contributed by atoms with van der Waals surface area (Å²) >= 11 is 0. The van der Waals surface area contributed by atoms with E-state index in [0.717, 1.165) is 22.2 Å². The van der Waals surface area contributed by atoms with E-state index in [0.29, 0.717) is 28.1 Å². The standard InChI is InChI=1S/C21H12N6O/c22-10-12-2-1-3-13(8-12)20-19(14-4-5-15-17(9-14)24-11-23-15)25-16-6-7-18(28)26-21(16)27-20/h1-9,11H,(H,23,24)(H,26,27,28). The number of hydrogen-bond acceptors (Lipinski definition) is 5. The first-order chi connectivity index (χ1) is 13.7. The number of aromatic amines is 2. The van der Waals surface area contributed by atoms with Crippen LogP contribution in [0.25, 0.3) is 44.7 Å². The molecular formula is C21H12N6O. The lowest BCUT2D eigenvalue weighted by Gasteiger charge is -2.10. The first-order valence-corrected chi connectivity index (χ1v) is 8.56. The van der Waals surface area contributed by atoms with Gasteiger partial charge in [0.1, 0.15) is 5.52 Å². The number of nitrogens with one attached hydrogen (secondary N) is 2. The van der Waals surface area contributed by atoms with Gasteiger partial charge in [0, 0.05) is 17.2 Å². The molecule has 5 aromatic rings. The van der Waals surface area contributed by atoms with Crippen molar-refractivity contribution in [1.29, 1.82) is 5.26 Å². The summed E-state index contributed by atoms with van der Waals surface area (Å²) in [6.07, 6.45) is 1.64. The largest absolute Gasteiger partial charge is 0.345 e. The Morgan fingerprint density at radius 2 is 1.71 bits per heavy atom. The second kappa shape index (κ2) is 6.14. The number of fused-ring (bicyclic) bond motifs is 2. The highest BCUT2D eigenvalue weighted by Crippen LogP contribution is 2.32. The average molecular weight is 364 g/mol. The Kier molecular flexibility index (Phi) is 3.49. The van der Waals surface area contributed by atoms with Gasteiger partial charge < -0.3 is 9.97 Å². The topological polar surface area (TPSA) is 111 Å². The minimum absolute atomic E-state index is 0.245. The van der Waals surface area contributed by atoms with E-state index in [4.69, 9.17) is 4.98 Å². The molecule has 2 aromatic carbocycles. The van der Waals surface area contributed by atoms with Gasteiger partial charge in [0.25, 0.3) is 0 Å².